The Morgan fingerprint density at radius 1 is 1.18 bits per heavy atom. The van der Waals surface area contributed by atoms with Crippen molar-refractivity contribution in [1.82, 2.24) is 26.3 Å². The second-order valence-corrected chi connectivity index (χ2v) is 8.12. The van der Waals surface area contributed by atoms with Gasteiger partial charge in [-0.05, 0) is 37.9 Å². The maximum atomic E-state index is 12.9. The molecule has 1 aliphatic rings. The van der Waals surface area contributed by atoms with Gasteiger partial charge in [0.25, 0.3) is 0 Å². The van der Waals surface area contributed by atoms with E-state index < -0.39 is 36.0 Å². The van der Waals surface area contributed by atoms with Crippen molar-refractivity contribution in [1.29, 1.82) is 0 Å². The van der Waals surface area contributed by atoms with E-state index in [0.717, 1.165) is 29.4 Å². The number of carboxylic acid groups (broad SMARTS) is 1. The second kappa shape index (κ2) is 10.9. The number of aromatic nitrogens is 1. The van der Waals surface area contributed by atoms with Gasteiger partial charge in [-0.2, -0.15) is 0 Å². The molecule has 11 nitrogen and oxygen atoms in total. The molecule has 0 saturated carbocycles. The molecule has 2 aromatic rings. The molecular weight excluding hydrogens is 430 g/mol. The van der Waals surface area contributed by atoms with Gasteiger partial charge in [-0.25, -0.2) is 4.79 Å². The average Bonchev–Trinajstić information content (AvgIpc) is 3.45. The third-order valence-corrected chi connectivity index (χ3v) is 5.60. The Balaban J connectivity index is 1.71. The number of carboxylic acids is 1. The monoisotopic (exact) mass is 459 g/mol. The number of amides is 3. The maximum Gasteiger partial charge on any atom is 0.328 e. The summed E-state index contributed by atoms with van der Waals surface area (Å²) in [5, 5.41) is 30.3. The molecular formula is C22H29N5O6. The van der Waals surface area contributed by atoms with Crippen LogP contribution in [0.15, 0.2) is 30.5 Å². The number of carbonyl (C=O) groups excluding carboxylic acids is 3. The molecule has 0 aliphatic carbocycles. The van der Waals surface area contributed by atoms with Crippen molar-refractivity contribution in [3.05, 3.63) is 36.0 Å². The highest BCUT2D eigenvalue weighted by molar-refractivity contribution is 5.93. The van der Waals surface area contributed by atoms with Crippen molar-refractivity contribution in [2.24, 2.45) is 0 Å². The summed E-state index contributed by atoms with van der Waals surface area (Å²) >= 11 is 0. The Hall–Kier alpha value is -3.44. The zero-order chi connectivity index (χ0) is 24.0. The molecule has 3 amide bonds. The number of hydrogen-bond acceptors (Lipinski definition) is 6. The predicted octanol–water partition coefficient (Wildman–Crippen LogP) is -0.986. The number of para-hydroxylation sites is 1. The lowest BCUT2D eigenvalue weighted by Gasteiger charge is -2.23. The highest BCUT2D eigenvalue weighted by Gasteiger charge is 2.30. The van der Waals surface area contributed by atoms with Crippen LogP contribution in [0.5, 0.6) is 0 Å². The van der Waals surface area contributed by atoms with Gasteiger partial charge in [0.15, 0.2) is 6.04 Å². The summed E-state index contributed by atoms with van der Waals surface area (Å²) in [6.07, 6.45) is 2.02. The van der Waals surface area contributed by atoms with Gasteiger partial charge in [0.1, 0.15) is 6.04 Å². The van der Waals surface area contributed by atoms with Gasteiger partial charge in [0.2, 0.25) is 17.7 Å². The fourth-order valence-corrected chi connectivity index (χ4v) is 3.82. The molecule has 178 valence electrons. The van der Waals surface area contributed by atoms with Gasteiger partial charge in [0.05, 0.1) is 18.7 Å². The van der Waals surface area contributed by atoms with E-state index in [1.807, 2.05) is 24.3 Å². The van der Waals surface area contributed by atoms with E-state index in [4.69, 9.17) is 0 Å². The Kier molecular flexibility index (Phi) is 8.01. The molecule has 1 fully saturated rings. The van der Waals surface area contributed by atoms with E-state index in [9.17, 15) is 29.4 Å². The van der Waals surface area contributed by atoms with E-state index in [1.54, 1.807) is 6.20 Å². The first kappa shape index (κ1) is 24.2. The van der Waals surface area contributed by atoms with Crippen LogP contribution in [-0.2, 0) is 25.6 Å². The molecule has 33 heavy (non-hydrogen) atoms. The SMILES string of the molecule is CC(O)C(NC(=O)C(Cc1c[nH]c2ccccc12)NC(=O)CNC(=O)C1CCCN1)C(=O)O. The minimum absolute atomic E-state index is 0.0753. The lowest BCUT2D eigenvalue weighted by atomic mass is 10.0. The van der Waals surface area contributed by atoms with Crippen LogP contribution in [0.2, 0.25) is 0 Å². The zero-order valence-corrected chi connectivity index (χ0v) is 18.3. The largest absolute Gasteiger partial charge is 0.480 e. The number of H-pyrrole nitrogens is 1. The summed E-state index contributed by atoms with van der Waals surface area (Å²) in [5.41, 5.74) is 1.59. The first-order valence-electron chi connectivity index (χ1n) is 10.8. The van der Waals surface area contributed by atoms with Crippen LogP contribution >= 0.6 is 0 Å². The molecule has 4 atom stereocenters. The first-order chi connectivity index (χ1) is 15.8. The van der Waals surface area contributed by atoms with Gasteiger partial charge in [0, 0.05) is 23.5 Å². The highest BCUT2D eigenvalue weighted by Crippen LogP contribution is 2.19. The molecule has 1 saturated heterocycles. The summed E-state index contributed by atoms with van der Waals surface area (Å²) in [5.74, 6) is -3.04. The quantitative estimate of drug-likeness (QED) is 0.239. The highest BCUT2D eigenvalue weighted by atomic mass is 16.4. The van der Waals surface area contributed by atoms with E-state index in [1.165, 1.54) is 6.92 Å². The number of benzene rings is 1. The smallest absolute Gasteiger partial charge is 0.328 e. The summed E-state index contributed by atoms with van der Waals surface area (Å²) < 4.78 is 0. The van der Waals surface area contributed by atoms with Crippen LogP contribution in [0.4, 0.5) is 0 Å². The van der Waals surface area contributed by atoms with Crippen LogP contribution in [0, 0.1) is 0 Å². The second-order valence-electron chi connectivity index (χ2n) is 8.12. The normalized spacial score (nSPS) is 18.3. The number of aliphatic carboxylic acids is 1. The molecule has 1 aliphatic heterocycles. The number of fused-ring (bicyclic) bond motifs is 1. The van der Waals surface area contributed by atoms with Crippen LogP contribution in [-0.4, -0.2) is 76.2 Å². The Morgan fingerprint density at radius 3 is 2.61 bits per heavy atom. The number of rotatable bonds is 10. The zero-order valence-electron chi connectivity index (χ0n) is 18.3. The molecule has 0 spiro atoms. The summed E-state index contributed by atoms with van der Waals surface area (Å²) in [6, 6.07) is 4.43. The van der Waals surface area contributed by atoms with Crippen molar-refractivity contribution < 1.29 is 29.4 Å². The third kappa shape index (κ3) is 6.30. The van der Waals surface area contributed by atoms with Crippen LogP contribution in [0.25, 0.3) is 10.9 Å². The minimum Gasteiger partial charge on any atom is -0.480 e. The summed E-state index contributed by atoms with van der Waals surface area (Å²) in [6.45, 7) is 1.66. The van der Waals surface area contributed by atoms with Crippen molar-refractivity contribution in [2.75, 3.05) is 13.1 Å². The van der Waals surface area contributed by atoms with Crippen LogP contribution in [0.1, 0.15) is 25.3 Å². The predicted molar refractivity (Wildman–Crippen MR) is 119 cm³/mol. The number of aliphatic hydroxyl groups is 1. The number of aliphatic hydroxyl groups excluding tert-OH is 1. The number of nitrogens with one attached hydrogen (secondary N) is 5. The average molecular weight is 460 g/mol. The molecule has 3 rings (SSSR count). The summed E-state index contributed by atoms with van der Waals surface area (Å²) in [7, 11) is 0. The molecule has 2 heterocycles. The van der Waals surface area contributed by atoms with Crippen molar-refractivity contribution >= 4 is 34.6 Å². The lowest BCUT2D eigenvalue weighted by molar-refractivity contribution is -0.145. The standard InChI is InChI=1S/C22H29N5O6/c1-12(28)19(22(32)33)27-21(31)17(9-13-10-24-15-6-3-2-5-14(13)15)26-18(29)11-25-20(30)16-7-4-8-23-16/h2-3,5-6,10,12,16-17,19,23-24,28H,4,7-9,11H2,1H3,(H,25,30)(H,26,29)(H,27,31)(H,32,33). The molecule has 11 heteroatoms. The molecule has 7 N–H and O–H groups in total. The molecule has 0 radical (unpaired) electrons. The van der Waals surface area contributed by atoms with Gasteiger partial charge in [-0.15, -0.1) is 0 Å². The Bertz CT molecular complexity index is 1010. The molecule has 1 aromatic carbocycles. The van der Waals surface area contributed by atoms with Crippen LogP contribution in [0.3, 0.4) is 0 Å². The molecule has 1 aromatic heterocycles. The van der Waals surface area contributed by atoms with Gasteiger partial charge < -0.3 is 36.5 Å². The third-order valence-electron chi connectivity index (χ3n) is 5.60. The van der Waals surface area contributed by atoms with E-state index in [0.29, 0.717) is 6.42 Å². The van der Waals surface area contributed by atoms with Crippen molar-refractivity contribution in [3.8, 4) is 0 Å². The van der Waals surface area contributed by atoms with Crippen LogP contribution < -0.4 is 21.3 Å². The first-order valence-corrected chi connectivity index (χ1v) is 10.8. The Labute approximate surface area is 190 Å². The fraction of sp³-hybridized carbons (Fsp3) is 0.455. The van der Waals surface area contributed by atoms with E-state index in [2.05, 4.69) is 26.3 Å². The lowest BCUT2D eigenvalue weighted by Crippen LogP contribution is -2.56. The summed E-state index contributed by atoms with van der Waals surface area (Å²) in [4.78, 5) is 52.0. The topological polar surface area (TPSA) is 173 Å². The van der Waals surface area contributed by atoms with Crippen molar-refractivity contribution in [2.45, 2.75) is 50.4 Å². The number of carbonyl (C=O) groups is 4. The van der Waals surface area contributed by atoms with Crippen molar-refractivity contribution in [3.63, 3.8) is 0 Å². The molecule has 0 bridgehead atoms. The molecule has 4 unspecified atom stereocenters. The van der Waals surface area contributed by atoms with E-state index >= 15 is 0 Å². The van der Waals surface area contributed by atoms with E-state index in [-0.39, 0.29) is 24.9 Å². The van der Waals surface area contributed by atoms with Gasteiger partial charge in [-0.3, -0.25) is 14.4 Å². The fourth-order valence-electron chi connectivity index (χ4n) is 3.82. The minimum atomic E-state index is -1.53. The number of hydrogen-bond donors (Lipinski definition) is 7. The number of aromatic amines is 1. The Morgan fingerprint density at radius 2 is 1.94 bits per heavy atom. The van der Waals surface area contributed by atoms with Gasteiger partial charge >= 0.3 is 5.97 Å². The maximum absolute atomic E-state index is 12.9. The van der Waals surface area contributed by atoms with Gasteiger partial charge in [-0.1, -0.05) is 18.2 Å².